The summed E-state index contributed by atoms with van der Waals surface area (Å²) >= 11 is 3.42. The fraction of sp³-hybridized carbons (Fsp3) is 0.312. The first kappa shape index (κ1) is 13.2. The van der Waals surface area contributed by atoms with Crippen molar-refractivity contribution in [2.75, 3.05) is 5.73 Å². The zero-order valence-corrected chi connectivity index (χ0v) is 13.3. The molecule has 1 aromatic carbocycles. The van der Waals surface area contributed by atoms with E-state index in [0.717, 1.165) is 24.6 Å². The molecule has 21 heavy (non-hydrogen) atoms. The molecule has 0 bridgehead atoms. The number of aromatic nitrogens is 1. The molecule has 0 amide bonds. The van der Waals surface area contributed by atoms with Crippen LogP contribution in [0.3, 0.4) is 0 Å². The zero-order chi connectivity index (χ0) is 14.2. The Bertz CT molecular complexity index is 744. The maximum atomic E-state index is 5.79. The van der Waals surface area contributed by atoms with Gasteiger partial charge in [0.05, 0.1) is 10.2 Å². The van der Waals surface area contributed by atoms with Crippen molar-refractivity contribution in [1.29, 1.82) is 0 Å². The molecule has 0 unspecified atom stereocenters. The Morgan fingerprint density at radius 2 is 2.14 bits per heavy atom. The predicted molar refractivity (Wildman–Crippen MR) is 90.6 cm³/mol. The first-order chi connectivity index (χ1) is 10.3. The summed E-state index contributed by atoms with van der Waals surface area (Å²) in [6, 6.07) is 11.6. The highest BCUT2D eigenvalue weighted by Crippen LogP contribution is 2.32. The van der Waals surface area contributed by atoms with Gasteiger partial charge in [-0.2, -0.15) is 0 Å². The van der Waals surface area contributed by atoms with Crippen molar-refractivity contribution >= 4 is 38.0 Å². The summed E-state index contributed by atoms with van der Waals surface area (Å²) in [5.74, 6) is 0. The van der Waals surface area contributed by atoms with E-state index in [1.54, 1.807) is 11.3 Å². The molecule has 3 aromatic rings. The van der Waals surface area contributed by atoms with Gasteiger partial charge in [-0.3, -0.25) is 4.90 Å². The molecule has 2 heterocycles. The molecule has 2 aromatic heterocycles. The molecule has 1 fully saturated rings. The van der Waals surface area contributed by atoms with E-state index in [2.05, 4.69) is 45.6 Å². The quantitative estimate of drug-likeness (QED) is 0.770. The van der Waals surface area contributed by atoms with Crippen LogP contribution in [0.2, 0.25) is 0 Å². The molecule has 108 valence electrons. The van der Waals surface area contributed by atoms with Gasteiger partial charge in [0, 0.05) is 24.0 Å². The molecule has 1 aliphatic carbocycles. The van der Waals surface area contributed by atoms with Crippen LogP contribution in [-0.4, -0.2) is 15.9 Å². The van der Waals surface area contributed by atoms with Gasteiger partial charge in [0.2, 0.25) is 0 Å². The predicted octanol–water partition coefficient (Wildman–Crippen LogP) is 4.10. The van der Waals surface area contributed by atoms with Crippen LogP contribution in [0.15, 0.2) is 35.7 Å². The monoisotopic (exact) mass is 315 g/mol. The number of thiophene rings is 1. The molecule has 0 aliphatic heterocycles. The van der Waals surface area contributed by atoms with Gasteiger partial charge < -0.3 is 5.73 Å². The summed E-state index contributed by atoms with van der Waals surface area (Å²) in [6.07, 6.45) is 2.67. The number of nitrogens with zero attached hydrogens (tertiary/aromatic N) is 2. The van der Waals surface area contributed by atoms with Crippen LogP contribution in [0.1, 0.15) is 23.3 Å². The molecule has 0 radical (unpaired) electrons. The Labute approximate surface area is 132 Å². The van der Waals surface area contributed by atoms with Crippen LogP contribution >= 0.6 is 22.7 Å². The second-order valence-electron chi connectivity index (χ2n) is 5.57. The van der Waals surface area contributed by atoms with E-state index in [-0.39, 0.29) is 0 Å². The molecule has 0 saturated heterocycles. The van der Waals surface area contributed by atoms with E-state index in [0.29, 0.717) is 5.13 Å². The van der Waals surface area contributed by atoms with E-state index >= 15 is 0 Å². The van der Waals surface area contributed by atoms with Crippen LogP contribution in [0.4, 0.5) is 5.13 Å². The van der Waals surface area contributed by atoms with Crippen molar-refractivity contribution in [3.63, 3.8) is 0 Å². The number of fused-ring (bicyclic) bond motifs is 1. The van der Waals surface area contributed by atoms with Crippen molar-refractivity contribution in [1.82, 2.24) is 9.88 Å². The summed E-state index contributed by atoms with van der Waals surface area (Å²) in [7, 11) is 0. The third-order valence-corrected chi connectivity index (χ3v) is 5.57. The highest BCUT2D eigenvalue weighted by Gasteiger charge is 2.29. The molecule has 2 N–H and O–H groups in total. The second-order valence-corrected chi connectivity index (χ2v) is 7.66. The number of hydrogen-bond acceptors (Lipinski definition) is 5. The molecule has 5 heteroatoms. The van der Waals surface area contributed by atoms with Gasteiger partial charge in [-0.15, -0.1) is 11.3 Å². The van der Waals surface area contributed by atoms with Gasteiger partial charge >= 0.3 is 0 Å². The standard InChI is InChI=1S/C16H17N3S2/c17-16-18-14-6-3-11(8-15(14)21-16)9-19(12-4-5-12)10-13-2-1-7-20-13/h1-3,6-8,12H,4-5,9-10H2,(H2,17,18). The third-order valence-electron chi connectivity index (χ3n) is 3.86. The second kappa shape index (κ2) is 5.40. The highest BCUT2D eigenvalue weighted by molar-refractivity contribution is 7.22. The summed E-state index contributed by atoms with van der Waals surface area (Å²) in [5.41, 5.74) is 8.16. The SMILES string of the molecule is Nc1nc2ccc(CN(Cc3cccs3)C3CC3)cc2s1. The Hall–Kier alpha value is -1.43. The van der Waals surface area contributed by atoms with Crippen molar-refractivity contribution in [3.05, 3.63) is 46.2 Å². The Balaban J connectivity index is 1.55. The number of benzene rings is 1. The molecule has 3 nitrogen and oxygen atoms in total. The largest absolute Gasteiger partial charge is 0.375 e. The van der Waals surface area contributed by atoms with E-state index in [9.17, 15) is 0 Å². The summed E-state index contributed by atoms with van der Waals surface area (Å²) in [6.45, 7) is 2.07. The minimum absolute atomic E-state index is 0.653. The van der Waals surface area contributed by atoms with E-state index in [1.165, 1.54) is 28.0 Å². The summed E-state index contributed by atoms with van der Waals surface area (Å²) in [5, 5.41) is 2.81. The number of thiazole rings is 1. The molecule has 1 aliphatic rings. The van der Waals surface area contributed by atoms with E-state index in [4.69, 9.17) is 5.73 Å². The number of rotatable bonds is 5. The van der Waals surface area contributed by atoms with Crippen LogP contribution in [0.25, 0.3) is 10.2 Å². The van der Waals surface area contributed by atoms with Crippen molar-refractivity contribution in [3.8, 4) is 0 Å². The van der Waals surface area contributed by atoms with Crippen molar-refractivity contribution in [2.24, 2.45) is 0 Å². The lowest BCUT2D eigenvalue weighted by Crippen LogP contribution is -2.24. The van der Waals surface area contributed by atoms with Crippen LogP contribution in [0.5, 0.6) is 0 Å². The van der Waals surface area contributed by atoms with Gasteiger partial charge in [-0.05, 0) is 42.0 Å². The maximum Gasteiger partial charge on any atom is 0.181 e. The molecular weight excluding hydrogens is 298 g/mol. The van der Waals surface area contributed by atoms with Crippen molar-refractivity contribution < 1.29 is 0 Å². The van der Waals surface area contributed by atoms with Gasteiger partial charge in [-0.25, -0.2) is 4.98 Å². The third kappa shape index (κ3) is 2.95. The Morgan fingerprint density at radius 1 is 1.24 bits per heavy atom. The molecule has 4 rings (SSSR count). The minimum Gasteiger partial charge on any atom is -0.375 e. The topological polar surface area (TPSA) is 42.1 Å². The first-order valence-corrected chi connectivity index (χ1v) is 8.89. The van der Waals surface area contributed by atoms with Crippen LogP contribution in [0, 0.1) is 0 Å². The first-order valence-electron chi connectivity index (χ1n) is 7.19. The number of nitrogens with two attached hydrogens (primary N) is 1. The van der Waals surface area contributed by atoms with Crippen LogP contribution in [-0.2, 0) is 13.1 Å². The van der Waals surface area contributed by atoms with E-state index < -0.39 is 0 Å². The number of anilines is 1. The molecule has 0 spiro atoms. The van der Waals surface area contributed by atoms with E-state index in [1.807, 2.05) is 11.3 Å². The fourth-order valence-electron chi connectivity index (χ4n) is 2.68. The van der Waals surface area contributed by atoms with Gasteiger partial charge in [-0.1, -0.05) is 23.5 Å². The molecule has 0 atom stereocenters. The lowest BCUT2D eigenvalue weighted by Gasteiger charge is -2.21. The highest BCUT2D eigenvalue weighted by atomic mass is 32.1. The minimum atomic E-state index is 0.653. The summed E-state index contributed by atoms with van der Waals surface area (Å²) < 4.78 is 1.19. The van der Waals surface area contributed by atoms with Gasteiger partial charge in [0.1, 0.15) is 0 Å². The molecular formula is C16H17N3S2. The van der Waals surface area contributed by atoms with Crippen molar-refractivity contribution in [2.45, 2.75) is 32.0 Å². The number of nitrogen functional groups attached to an aromatic ring is 1. The Morgan fingerprint density at radius 3 is 2.90 bits per heavy atom. The Kier molecular flexibility index (Phi) is 3.41. The zero-order valence-electron chi connectivity index (χ0n) is 11.7. The average molecular weight is 315 g/mol. The maximum absolute atomic E-state index is 5.79. The number of hydrogen-bond donors (Lipinski definition) is 1. The van der Waals surface area contributed by atoms with Gasteiger partial charge in [0.15, 0.2) is 5.13 Å². The normalized spacial score (nSPS) is 15.1. The average Bonchev–Trinajstić information content (AvgIpc) is 3.06. The fourth-order valence-corrected chi connectivity index (χ4v) is 4.20. The van der Waals surface area contributed by atoms with Gasteiger partial charge in [0.25, 0.3) is 0 Å². The lowest BCUT2D eigenvalue weighted by molar-refractivity contribution is 0.248. The molecule has 1 saturated carbocycles. The lowest BCUT2D eigenvalue weighted by atomic mass is 10.2. The van der Waals surface area contributed by atoms with Crippen LogP contribution < -0.4 is 5.73 Å². The smallest absolute Gasteiger partial charge is 0.181 e. The summed E-state index contributed by atoms with van der Waals surface area (Å²) in [4.78, 5) is 8.37.